The first kappa shape index (κ1) is 13.7. The van der Waals surface area contributed by atoms with E-state index >= 15 is 0 Å². The lowest BCUT2D eigenvalue weighted by Gasteiger charge is -2.17. The summed E-state index contributed by atoms with van der Waals surface area (Å²) in [5, 5.41) is 11.1. The van der Waals surface area contributed by atoms with Gasteiger partial charge in [0.05, 0.1) is 12.2 Å². The highest BCUT2D eigenvalue weighted by Gasteiger charge is 2.41. The van der Waals surface area contributed by atoms with Gasteiger partial charge in [-0.25, -0.2) is 4.98 Å². The van der Waals surface area contributed by atoms with E-state index < -0.39 is 5.92 Å². The highest BCUT2D eigenvalue weighted by molar-refractivity contribution is 7.10. The summed E-state index contributed by atoms with van der Waals surface area (Å²) in [7, 11) is 0. The van der Waals surface area contributed by atoms with Crippen LogP contribution in [0.4, 0.5) is 0 Å². The number of hydrogen-bond acceptors (Lipinski definition) is 4. The zero-order valence-corrected chi connectivity index (χ0v) is 13.1. The third-order valence-electron chi connectivity index (χ3n) is 4.00. The second-order valence-electron chi connectivity index (χ2n) is 6.93. The number of ketones is 1. The molecular weight excluding hydrogens is 270 g/mol. The van der Waals surface area contributed by atoms with Crippen molar-refractivity contribution in [3.05, 3.63) is 16.1 Å². The Labute approximate surface area is 123 Å². The van der Waals surface area contributed by atoms with E-state index in [1.54, 1.807) is 0 Å². The van der Waals surface area contributed by atoms with Crippen LogP contribution < -0.4 is 0 Å². The van der Waals surface area contributed by atoms with Gasteiger partial charge in [0.1, 0.15) is 16.8 Å². The fourth-order valence-electron chi connectivity index (χ4n) is 2.49. The quantitative estimate of drug-likeness (QED) is 0.931. The number of hydrogen-bond donors (Lipinski definition) is 1. The Hall–Kier alpha value is -1.23. The van der Waals surface area contributed by atoms with Crippen molar-refractivity contribution in [3.8, 4) is 0 Å². The van der Waals surface area contributed by atoms with Gasteiger partial charge in [-0.05, 0) is 18.8 Å². The number of rotatable bonds is 3. The van der Waals surface area contributed by atoms with Crippen LogP contribution in [0.15, 0.2) is 5.38 Å². The molecule has 0 amide bonds. The molecule has 1 aliphatic heterocycles. The van der Waals surface area contributed by atoms with E-state index in [0.29, 0.717) is 18.3 Å². The van der Waals surface area contributed by atoms with Crippen molar-refractivity contribution in [1.29, 1.82) is 5.41 Å². The second-order valence-corrected chi connectivity index (χ2v) is 7.82. The topological polar surface area (TPSA) is 57.1 Å². The van der Waals surface area contributed by atoms with Crippen LogP contribution in [0.3, 0.4) is 0 Å². The molecule has 5 heteroatoms. The summed E-state index contributed by atoms with van der Waals surface area (Å²) < 4.78 is 0. The number of carbonyl (C=O) groups is 1. The van der Waals surface area contributed by atoms with Crippen molar-refractivity contribution >= 4 is 23.0 Å². The molecule has 1 atom stereocenters. The van der Waals surface area contributed by atoms with Crippen LogP contribution >= 0.6 is 11.3 Å². The van der Waals surface area contributed by atoms with Crippen LogP contribution in [-0.4, -0.2) is 34.6 Å². The van der Waals surface area contributed by atoms with Gasteiger partial charge in [-0.3, -0.25) is 10.2 Å². The van der Waals surface area contributed by atoms with Crippen LogP contribution in [0, 0.1) is 11.3 Å². The van der Waals surface area contributed by atoms with Crippen LogP contribution in [0.1, 0.15) is 50.2 Å². The van der Waals surface area contributed by atoms with Gasteiger partial charge in [0, 0.05) is 17.3 Å². The van der Waals surface area contributed by atoms with Gasteiger partial charge in [0.25, 0.3) is 0 Å². The predicted molar refractivity (Wildman–Crippen MR) is 80.6 cm³/mol. The predicted octanol–water partition coefficient (Wildman–Crippen LogP) is 2.80. The van der Waals surface area contributed by atoms with Gasteiger partial charge in [0.15, 0.2) is 5.78 Å². The highest BCUT2D eigenvalue weighted by Crippen LogP contribution is 2.35. The first-order valence-corrected chi connectivity index (χ1v) is 8.06. The summed E-state index contributed by atoms with van der Waals surface area (Å²) in [4.78, 5) is 18.8. The minimum absolute atomic E-state index is 0.00765. The fourth-order valence-corrected chi connectivity index (χ4v) is 3.66. The Morgan fingerprint density at radius 1 is 1.45 bits per heavy atom. The molecule has 1 aromatic heterocycles. The Bertz CT molecular complexity index is 554. The number of Topliss-reactive ketones (excluding diaryl/α,β-unsaturated/α-hetero) is 1. The lowest BCUT2D eigenvalue weighted by Crippen LogP contribution is -2.28. The number of likely N-dealkylation sites (tertiary alicyclic amines) is 1. The van der Waals surface area contributed by atoms with Gasteiger partial charge < -0.3 is 4.90 Å². The van der Waals surface area contributed by atoms with Gasteiger partial charge in [0.2, 0.25) is 0 Å². The molecule has 20 heavy (non-hydrogen) atoms. The summed E-state index contributed by atoms with van der Waals surface area (Å²) in [6.07, 6.45) is 2.49. The van der Waals surface area contributed by atoms with Gasteiger partial charge >= 0.3 is 0 Å². The maximum Gasteiger partial charge on any atom is 0.169 e. The molecule has 108 valence electrons. The van der Waals surface area contributed by atoms with Crippen molar-refractivity contribution in [1.82, 2.24) is 9.88 Å². The lowest BCUT2D eigenvalue weighted by molar-refractivity contribution is -0.117. The average molecular weight is 291 g/mol. The van der Waals surface area contributed by atoms with Crippen LogP contribution in [0.2, 0.25) is 0 Å². The standard InChI is InChI=1S/C15H21N3OS/c1-15(2,3)11-8-20-14(17-11)12-10(19)7-18(13(12)16)6-9-4-5-9/h8-9,12,16H,4-7H2,1-3H3. The van der Waals surface area contributed by atoms with Crippen LogP contribution in [-0.2, 0) is 10.2 Å². The first-order valence-electron chi connectivity index (χ1n) is 7.18. The van der Waals surface area contributed by atoms with Gasteiger partial charge in [-0.2, -0.15) is 0 Å². The molecule has 4 nitrogen and oxygen atoms in total. The molecule has 1 N–H and O–H groups in total. The SMILES string of the molecule is CC(C)(C)c1csc(C2C(=N)N(CC3CC3)CC2=O)n1. The lowest BCUT2D eigenvalue weighted by atomic mass is 9.93. The molecule has 3 rings (SSSR count). The van der Waals surface area contributed by atoms with E-state index in [1.807, 2.05) is 10.3 Å². The largest absolute Gasteiger partial charge is 0.352 e. The van der Waals surface area contributed by atoms with E-state index in [-0.39, 0.29) is 11.2 Å². The molecule has 2 aliphatic rings. The number of nitrogens with one attached hydrogen (secondary N) is 1. The summed E-state index contributed by atoms with van der Waals surface area (Å²) >= 11 is 1.52. The summed E-state index contributed by atoms with van der Waals surface area (Å²) in [6, 6.07) is 0. The van der Waals surface area contributed by atoms with Crippen LogP contribution in [0.5, 0.6) is 0 Å². The Morgan fingerprint density at radius 3 is 2.70 bits per heavy atom. The molecule has 1 aromatic rings. The fraction of sp³-hybridized carbons (Fsp3) is 0.667. The van der Waals surface area contributed by atoms with Crippen molar-refractivity contribution in [2.75, 3.05) is 13.1 Å². The number of nitrogens with zero attached hydrogens (tertiary/aromatic N) is 2. The van der Waals surface area contributed by atoms with Crippen molar-refractivity contribution in [3.63, 3.8) is 0 Å². The highest BCUT2D eigenvalue weighted by atomic mass is 32.1. The molecule has 1 aliphatic carbocycles. The van der Waals surface area contributed by atoms with Crippen LogP contribution in [0.25, 0.3) is 0 Å². The summed E-state index contributed by atoms with van der Waals surface area (Å²) in [6.45, 7) is 7.62. The number of aromatic nitrogens is 1. The van der Waals surface area contributed by atoms with Crippen molar-refractivity contribution in [2.45, 2.75) is 44.9 Å². The Morgan fingerprint density at radius 2 is 2.15 bits per heavy atom. The maximum absolute atomic E-state index is 12.2. The Kier molecular flexibility index (Phi) is 3.20. The summed E-state index contributed by atoms with van der Waals surface area (Å²) in [5.41, 5.74) is 1.01. The Balaban J connectivity index is 1.80. The molecule has 1 saturated heterocycles. The van der Waals surface area contributed by atoms with E-state index in [9.17, 15) is 4.79 Å². The zero-order chi connectivity index (χ0) is 14.5. The molecule has 0 aromatic carbocycles. The summed E-state index contributed by atoms with van der Waals surface area (Å²) in [5.74, 6) is 0.861. The van der Waals surface area contributed by atoms with Gasteiger partial charge in [-0.1, -0.05) is 20.8 Å². The van der Waals surface area contributed by atoms with E-state index in [4.69, 9.17) is 5.41 Å². The van der Waals surface area contributed by atoms with Gasteiger partial charge in [-0.15, -0.1) is 11.3 Å². The minimum Gasteiger partial charge on any atom is -0.352 e. The molecule has 2 fully saturated rings. The number of amidine groups is 1. The number of carbonyl (C=O) groups excluding carboxylic acids is 1. The van der Waals surface area contributed by atoms with E-state index in [0.717, 1.165) is 17.2 Å². The smallest absolute Gasteiger partial charge is 0.169 e. The monoisotopic (exact) mass is 291 g/mol. The van der Waals surface area contributed by atoms with E-state index in [2.05, 4.69) is 25.8 Å². The third-order valence-corrected chi connectivity index (χ3v) is 4.91. The zero-order valence-electron chi connectivity index (χ0n) is 12.3. The van der Waals surface area contributed by atoms with Crippen molar-refractivity contribution in [2.24, 2.45) is 5.92 Å². The van der Waals surface area contributed by atoms with Crippen molar-refractivity contribution < 1.29 is 4.79 Å². The molecule has 1 saturated carbocycles. The maximum atomic E-state index is 12.2. The third kappa shape index (κ3) is 2.51. The molecule has 0 radical (unpaired) electrons. The molecule has 0 bridgehead atoms. The average Bonchev–Trinajstić information content (AvgIpc) is 2.92. The molecule has 1 unspecified atom stereocenters. The van der Waals surface area contributed by atoms with E-state index in [1.165, 1.54) is 24.2 Å². The minimum atomic E-state index is -0.421. The molecule has 0 spiro atoms. The molecular formula is C15H21N3OS. The second kappa shape index (κ2) is 4.65. The normalized spacial score (nSPS) is 23.8. The first-order chi connectivity index (χ1) is 9.36. The molecule has 2 heterocycles. The number of thiazole rings is 1.